The van der Waals surface area contributed by atoms with Crippen molar-refractivity contribution in [3.05, 3.63) is 22.4 Å². The Bertz CT molecular complexity index is 262. The lowest BCUT2D eigenvalue weighted by molar-refractivity contribution is 0.446. The molecule has 0 unspecified atom stereocenters. The minimum atomic E-state index is 0.690. The Balaban J connectivity index is 1.60. The van der Waals surface area contributed by atoms with Crippen molar-refractivity contribution in [2.75, 3.05) is 13.1 Å². The molecule has 2 rings (SSSR count). The molecule has 1 N–H and O–H groups in total. The van der Waals surface area contributed by atoms with Crippen LogP contribution in [0.25, 0.3) is 0 Å². The summed E-state index contributed by atoms with van der Waals surface area (Å²) in [7, 11) is 0. The molecular weight excluding hydrogens is 190 g/mol. The summed E-state index contributed by atoms with van der Waals surface area (Å²) in [6, 6.07) is 4.35. The SMILES string of the molecule is CCC1(CNCCc2cccs2)CC1. The van der Waals surface area contributed by atoms with Gasteiger partial charge in [0.1, 0.15) is 0 Å². The summed E-state index contributed by atoms with van der Waals surface area (Å²) in [5.74, 6) is 0. The number of hydrogen-bond acceptors (Lipinski definition) is 2. The summed E-state index contributed by atoms with van der Waals surface area (Å²) in [4.78, 5) is 1.50. The standard InChI is InChI=1S/C12H19NS/c1-2-12(6-7-12)10-13-8-5-11-4-3-9-14-11/h3-4,9,13H,2,5-8,10H2,1H3. The van der Waals surface area contributed by atoms with Gasteiger partial charge in [0.25, 0.3) is 0 Å². The number of nitrogens with one attached hydrogen (secondary N) is 1. The van der Waals surface area contributed by atoms with E-state index in [9.17, 15) is 0 Å². The van der Waals surface area contributed by atoms with E-state index >= 15 is 0 Å². The Hall–Kier alpha value is -0.340. The van der Waals surface area contributed by atoms with E-state index in [-0.39, 0.29) is 0 Å². The van der Waals surface area contributed by atoms with E-state index < -0.39 is 0 Å². The van der Waals surface area contributed by atoms with Crippen molar-refractivity contribution in [2.24, 2.45) is 5.41 Å². The Kier molecular flexibility index (Phi) is 3.24. The van der Waals surface area contributed by atoms with Gasteiger partial charge >= 0.3 is 0 Å². The first-order valence-corrected chi connectivity index (χ1v) is 6.46. The molecule has 0 atom stereocenters. The van der Waals surface area contributed by atoms with E-state index in [0.29, 0.717) is 5.41 Å². The summed E-state index contributed by atoms with van der Waals surface area (Å²) in [6.45, 7) is 4.69. The zero-order chi connectivity index (χ0) is 9.86. The molecular formula is C12H19NS. The van der Waals surface area contributed by atoms with Crippen molar-refractivity contribution in [1.82, 2.24) is 5.32 Å². The molecule has 1 aliphatic rings. The Morgan fingerprint density at radius 1 is 1.50 bits per heavy atom. The van der Waals surface area contributed by atoms with Gasteiger partial charge in [-0.2, -0.15) is 0 Å². The zero-order valence-corrected chi connectivity index (χ0v) is 9.70. The molecule has 0 bridgehead atoms. The van der Waals surface area contributed by atoms with Crippen LogP contribution in [-0.2, 0) is 6.42 Å². The fourth-order valence-electron chi connectivity index (χ4n) is 1.85. The molecule has 0 aliphatic heterocycles. The second-order valence-corrected chi connectivity index (χ2v) is 5.39. The van der Waals surface area contributed by atoms with Crippen molar-refractivity contribution < 1.29 is 0 Å². The van der Waals surface area contributed by atoms with Crippen molar-refractivity contribution in [2.45, 2.75) is 32.6 Å². The van der Waals surface area contributed by atoms with Gasteiger partial charge < -0.3 is 5.32 Å². The molecule has 1 saturated carbocycles. The minimum Gasteiger partial charge on any atom is -0.316 e. The van der Waals surface area contributed by atoms with E-state index in [1.54, 1.807) is 0 Å². The zero-order valence-electron chi connectivity index (χ0n) is 8.88. The third-order valence-electron chi connectivity index (χ3n) is 3.34. The lowest BCUT2D eigenvalue weighted by atomic mass is 10.0. The van der Waals surface area contributed by atoms with Gasteiger partial charge in [-0.3, -0.25) is 0 Å². The van der Waals surface area contributed by atoms with Crippen LogP contribution >= 0.6 is 11.3 Å². The summed E-state index contributed by atoms with van der Waals surface area (Å²) in [5, 5.41) is 5.74. The molecule has 1 aromatic heterocycles. The molecule has 0 aromatic carbocycles. The smallest absolute Gasteiger partial charge is 0.00578 e. The predicted molar refractivity (Wildman–Crippen MR) is 62.9 cm³/mol. The van der Waals surface area contributed by atoms with Crippen molar-refractivity contribution >= 4 is 11.3 Å². The van der Waals surface area contributed by atoms with Gasteiger partial charge in [0.2, 0.25) is 0 Å². The second kappa shape index (κ2) is 4.45. The second-order valence-electron chi connectivity index (χ2n) is 4.36. The Morgan fingerprint density at radius 3 is 2.93 bits per heavy atom. The number of rotatable bonds is 6. The molecule has 78 valence electrons. The third-order valence-corrected chi connectivity index (χ3v) is 4.27. The molecule has 0 radical (unpaired) electrons. The van der Waals surface area contributed by atoms with Crippen molar-refractivity contribution in [3.8, 4) is 0 Å². The minimum absolute atomic E-state index is 0.690. The van der Waals surface area contributed by atoms with E-state index in [1.165, 1.54) is 37.1 Å². The van der Waals surface area contributed by atoms with Gasteiger partial charge in [0, 0.05) is 11.4 Å². The predicted octanol–water partition coefficient (Wildman–Crippen LogP) is 3.07. The van der Waals surface area contributed by atoms with Gasteiger partial charge in [0.05, 0.1) is 0 Å². The maximum atomic E-state index is 3.58. The van der Waals surface area contributed by atoms with Gasteiger partial charge in [0.15, 0.2) is 0 Å². The highest BCUT2D eigenvalue weighted by molar-refractivity contribution is 7.09. The van der Waals surface area contributed by atoms with Crippen LogP contribution in [0.5, 0.6) is 0 Å². The topological polar surface area (TPSA) is 12.0 Å². The monoisotopic (exact) mass is 209 g/mol. The lowest BCUT2D eigenvalue weighted by Gasteiger charge is -2.12. The van der Waals surface area contributed by atoms with Gasteiger partial charge in [-0.05, 0) is 49.1 Å². The summed E-state index contributed by atoms with van der Waals surface area (Å²) in [5.41, 5.74) is 0.690. The molecule has 0 amide bonds. The highest BCUT2D eigenvalue weighted by atomic mass is 32.1. The van der Waals surface area contributed by atoms with Crippen molar-refractivity contribution in [3.63, 3.8) is 0 Å². The maximum absolute atomic E-state index is 3.58. The molecule has 2 heteroatoms. The molecule has 0 saturated heterocycles. The normalized spacial score (nSPS) is 18.4. The molecule has 1 nitrogen and oxygen atoms in total. The van der Waals surface area contributed by atoms with Crippen LogP contribution in [0.2, 0.25) is 0 Å². The average Bonchev–Trinajstić information content (AvgIpc) is 2.81. The number of hydrogen-bond donors (Lipinski definition) is 1. The number of thiophene rings is 1. The van der Waals surface area contributed by atoms with Gasteiger partial charge in [-0.25, -0.2) is 0 Å². The third kappa shape index (κ3) is 2.58. The highest BCUT2D eigenvalue weighted by Gasteiger charge is 2.39. The van der Waals surface area contributed by atoms with Gasteiger partial charge in [-0.15, -0.1) is 11.3 Å². The van der Waals surface area contributed by atoms with E-state index in [2.05, 4.69) is 29.8 Å². The quantitative estimate of drug-likeness (QED) is 0.710. The lowest BCUT2D eigenvalue weighted by Crippen LogP contribution is -2.25. The van der Waals surface area contributed by atoms with Crippen molar-refractivity contribution in [1.29, 1.82) is 0 Å². The van der Waals surface area contributed by atoms with Crippen LogP contribution < -0.4 is 5.32 Å². The average molecular weight is 209 g/mol. The summed E-state index contributed by atoms with van der Waals surface area (Å²) in [6.07, 6.45) is 5.42. The Labute approximate surface area is 90.5 Å². The van der Waals surface area contributed by atoms with E-state index in [0.717, 1.165) is 6.54 Å². The first-order chi connectivity index (χ1) is 6.85. The molecule has 1 heterocycles. The maximum Gasteiger partial charge on any atom is 0.00578 e. The highest BCUT2D eigenvalue weighted by Crippen LogP contribution is 2.47. The van der Waals surface area contributed by atoms with Crippen LogP contribution in [0.4, 0.5) is 0 Å². The van der Waals surface area contributed by atoms with E-state index in [4.69, 9.17) is 0 Å². The molecule has 1 aliphatic carbocycles. The summed E-state index contributed by atoms with van der Waals surface area (Å²) < 4.78 is 0. The molecule has 14 heavy (non-hydrogen) atoms. The Morgan fingerprint density at radius 2 is 2.36 bits per heavy atom. The summed E-state index contributed by atoms with van der Waals surface area (Å²) >= 11 is 1.86. The van der Waals surface area contributed by atoms with Crippen LogP contribution in [0.3, 0.4) is 0 Å². The van der Waals surface area contributed by atoms with Crippen LogP contribution in [0.15, 0.2) is 17.5 Å². The fourth-order valence-corrected chi connectivity index (χ4v) is 2.56. The first kappa shape index (κ1) is 10.2. The van der Waals surface area contributed by atoms with Crippen LogP contribution in [-0.4, -0.2) is 13.1 Å². The molecule has 0 spiro atoms. The van der Waals surface area contributed by atoms with Crippen LogP contribution in [0, 0.1) is 5.41 Å². The van der Waals surface area contributed by atoms with Crippen LogP contribution in [0.1, 0.15) is 31.1 Å². The first-order valence-electron chi connectivity index (χ1n) is 5.58. The molecule has 1 aromatic rings. The van der Waals surface area contributed by atoms with Gasteiger partial charge in [-0.1, -0.05) is 13.0 Å². The van der Waals surface area contributed by atoms with E-state index in [1.807, 2.05) is 11.3 Å². The fraction of sp³-hybridized carbons (Fsp3) is 0.667. The largest absolute Gasteiger partial charge is 0.316 e. The molecule has 1 fully saturated rings.